The van der Waals surface area contributed by atoms with E-state index in [1.54, 1.807) is 0 Å². The molecule has 1 rings (SSSR count). The van der Waals surface area contributed by atoms with Gasteiger partial charge in [-0.25, -0.2) is 14.0 Å². The van der Waals surface area contributed by atoms with E-state index in [1.165, 1.54) is 6.92 Å². The van der Waals surface area contributed by atoms with Gasteiger partial charge in [-0.15, -0.1) is 0 Å². The molecule has 8 heteroatoms. The molecule has 0 spiro atoms. The Kier molecular flexibility index (Phi) is 4.51. The van der Waals surface area contributed by atoms with Crippen LogP contribution in [0.3, 0.4) is 0 Å². The van der Waals surface area contributed by atoms with E-state index in [2.05, 4.69) is 9.47 Å². The third kappa shape index (κ3) is 3.47. The summed E-state index contributed by atoms with van der Waals surface area (Å²) >= 11 is 0. The third-order valence-corrected chi connectivity index (χ3v) is 2.22. The summed E-state index contributed by atoms with van der Waals surface area (Å²) in [4.78, 5) is 32.1. The highest BCUT2D eigenvalue weighted by Gasteiger charge is 2.21. The Balaban J connectivity index is 3.02. The smallest absolute Gasteiger partial charge is 0.344 e. The summed E-state index contributed by atoms with van der Waals surface area (Å²) in [5.74, 6) is -2.92. The Labute approximate surface area is 107 Å². The first kappa shape index (κ1) is 14.6. The van der Waals surface area contributed by atoms with Crippen LogP contribution in [0.2, 0.25) is 0 Å². The van der Waals surface area contributed by atoms with Crippen molar-refractivity contribution < 1.29 is 28.4 Å². The zero-order valence-corrected chi connectivity index (χ0v) is 10.1. The Morgan fingerprint density at radius 3 is 2.58 bits per heavy atom. The lowest BCUT2D eigenvalue weighted by molar-refractivity contribution is -0.385. The molecule has 0 amide bonds. The number of non-ortho nitro benzene ring substituents is 1. The molecule has 0 unspecified atom stereocenters. The maximum Gasteiger partial charge on any atom is 0.344 e. The van der Waals surface area contributed by atoms with Crippen molar-refractivity contribution in [2.24, 2.45) is 0 Å². The number of hydrogen-bond donors (Lipinski definition) is 0. The molecule has 0 aliphatic rings. The minimum Gasteiger partial charge on any atom is -0.466 e. The van der Waals surface area contributed by atoms with Crippen LogP contribution in [0, 0.1) is 22.9 Å². The van der Waals surface area contributed by atoms with E-state index in [4.69, 9.17) is 0 Å². The third-order valence-electron chi connectivity index (χ3n) is 2.22. The van der Waals surface area contributed by atoms with E-state index >= 15 is 0 Å². The zero-order valence-electron chi connectivity index (χ0n) is 10.1. The number of benzene rings is 1. The van der Waals surface area contributed by atoms with Crippen molar-refractivity contribution in [1.29, 1.82) is 0 Å². The molecule has 102 valence electrons. The van der Waals surface area contributed by atoms with E-state index in [1.807, 2.05) is 0 Å². The van der Waals surface area contributed by atoms with Crippen molar-refractivity contribution in [3.63, 3.8) is 0 Å². The first-order valence-electron chi connectivity index (χ1n) is 5.05. The van der Waals surface area contributed by atoms with Gasteiger partial charge in [-0.1, -0.05) is 0 Å². The maximum absolute atomic E-state index is 13.7. The number of nitro benzene ring substituents is 1. The normalized spacial score (nSPS) is 9.84. The molecule has 0 saturated carbocycles. The summed E-state index contributed by atoms with van der Waals surface area (Å²) in [5, 5.41) is 10.6. The number of carbonyl (C=O) groups is 2. The molecule has 0 aliphatic heterocycles. The lowest BCUT2D eigenvalue weighted by Gasteiger charge is -2.06. The van der Waals surface area contributed by atoms with Gasteiger partial charge in [0.1, 0.15) is 11.4 Å². The highest BCUT2D eigenvalue weighted by Crippen LogP contribution is 2.21. The van der Waals surface area contributed by atoms with Crippen LogP contribution in [0.4, 0.5) is 10.1 Å². The highest BCUT2D eigenvalue weighted by atomic mass is 19.1. The molecular weight excluding hydrogens is 261 g/mol. The number of halogens is 1. The quantitative estimate of drug-likeness (QED) is 0.466. The number of esters is 2. The van der Waals surface area contributed by atoms with Crippen LogP contribution in [0.1, 0.15) is 15.9 Å². The fraction of sp³-hybridized carbons (Fsp3) is 0.273. The fourth-order valence-electron chi connectivity index (χ4n) is 1.27. The largest absolute Gasteiger partial charge is 0.466 e. The van der Waals surface area contributed by atoms with E-state index in [-0.39, 0.29) is 5.56 Å². The topological polar surface area (TPSA) is 95.7 Å². The standard InChI is InChI=1S/C11H10FNO6/c1-6-3-7(13(16)17)4-8(10(6)12)11(15)19-5-9(14)18-2/h3-4H,5H2,1-2H3. The summed E-state index contributed by atoms with van der Waals surface area (Å²) in [7, 11) is 1.09. The molecule has 0 bridgehead atoms. The molecule has 0 aromatic heterocycles. The number of nitro groups is 1. The number of nitrogens with zero attached hydrogens (tertiary/aromatic N) is 1. The number of methoxy groups -OCH3 is 1. The van der Waals surface area contributed by atoms with Crippen molar-refractivity contribution in [3.8, 4) is 0 Å². The molecule has 1 aromatic carbocycles. The molecule has 0 radical (unpaired) electrons. The van der Waals surface area contributed by atoms with Gasteiger partial charge in [0.25, 0.3) is 5.69 Å². The summed E-state index contributed by atoms with van der Waals surface area (Å²) in [6, 6.07) is 1.74. The second kappa shape index (κ2) is 5.89. The lowest BCUT2D eigenvalue weighted by Crippen LogP contribution is -2.16. The van der Waals surface area contributed by atoms with Crippen molar-refractivity contribution in [3.05, 3.63) is 39.2 Å². The molecule has 0 N–H and O–H groups in total. The van der Waals surface area contributed by atoms with Gasteiger partial charge in [-0.2, -0.15) is 0 Å². The first-order valence-corrected chi connectivity index (χ1v) is 5.05. The average molecular weight is 271 g/mol. The van der Waals surface area contributed by atoms with Gasteiger partial charge in [-0.05, 0) is 12.5 Å². The van der Waals surface area contributed by atoms with Crippen LogP contribution in [0.25, 0.3) is 0 Å². The molecule has 0 heterocycles. The predicted molar refractivity (Wildman–Crippen MR) is 60.1 cm³/mol. The van der Waals surface area contributed by atoms with Crippen molar-refractivity contribution in [1.82, 2.24) is 0 Å². The zero-order chi connectivity index (χ0) is 14.6. The van der Waals surface area contributed by atoms with Gasteiger partial charge in [0.05, 0.1) is 12.0 Å². The second-order valence-corrected chi connectivity index (χ2v) is 3.53. The van der Waals surface area contributed by atoms with Crippen LogP contribution in [0.15, 0.2) is 12.1 Å². The number of ether oxygens (including phenoxy) is 2. The predicted octanol–water partition coefficient (Wildman–Crippen LogP) is 1.37. The molecule has 0 fully saturated rings. The summed E-state index contributed by atoms with van der Waals surface area (Å²) in [6.45, 7) is 0.579. The summed E-state index contributed by atoms with van der Waals surface area (Å²) in [6.07, 6.45) is 0. The van der Waals surface area contributed by atoms with Gasteiger partial charge >= 0.3 is 11.9 Å². The Hall–Kier alpha value is -2.51. The Morgan fingerprint density at radius 1 is 1.42 bits per heavy atom. The van der Waals surface area contributed by atoms with E-state index in [9.17, 15) is 24.1 Å². The summed E-state index contributed by atoms with van der Waals surface area (Å²) < 4.78 is 22.4. The SMILES string of the molecule is COC(=O)COC(=O)c1cc([N+](=O)[O-])cc(C)c1F. The van der Waals surface area contributed by atoms with Gasteiger partial charge in [0, 0.05) is 12.1 Å². The van der Waals surface area contributed by atoms with Gasteiger partial charge in [-0.3, -0.25) is 10.1 Å². The van der Waals surface area contributed by atoms with E-state index in [0.29, 0.717) is 0 Å². The van der Waals surface area contributed by atoms with Crippen molar-refractivity contribution in [2.45, 2.75) is 6.92 Å². The minimum atomic E-state index is -1.17. The molecule has 19 heavy (non-hydrogen) atoms. The lowest BCUT2D eigenvalue weighted by atomic mass is 10.1. The molecule has 7 nitrogen and oxygen atoms in total. The molecular formula is C11H10FNO6. The second-order valence-electron chi connectivity index (χ2n) is 3.53. The number of carbonyl (C=O) groups excluding carboxylic acids is 2. The summed E-state index contributed by atoms with van der Waals surface area (Å²) in [5.41, 5.74) is -1.11. The van der Waals surface area contributed by atoms with Crippen LogP contribution >= 0.6 is 0 Å². The van der Waals surface area contributed by atoms with Crippen LogP contribution in [-0.4, -0.2) is 30.6 Å². The Morgan fingerprint density at radius 2 is 2.05 bits per heavy atom. The molecule has 0 atom stereocenters. The first-order chi connectivity index (χ1) is 8.86. The highest BCUT2D eigenvalue weighted by molar-refractivity contribution is 5.92. The Bertz CT molecular complexity index is 542. The monoisotopic (exact) mass is 271 g/mol. The minimum absolute atomic E-state index is 0.0702. The van der Waals surface area contributed by atoms with Crippen LogP contribution < -0.4 is 0 Å². The van der Waals surface area contributed by atoms with Gasteiger partial charge in [0.2, 0.25) is 0 Å². The van der Waals surface area contributed by atoms with E-state index in [0.717, 1.165) is 19.2 Å². The number of hydrogen-bond acceptors (Lipinski definition) is 6. The van der Waals surface area contributed by atoms with Crippen molar-refractivity contribution in [2.75, 3.05) is 13.7 Å². The average Bonchev–Trinajstić information content (AvgIpc) is 2.38. The van der Waals surface area contributed by atoms with Gasteiger partial charge in [0.15, 0.2) is 6.61 Å². The molecule has 1 aromatic rings. The fourth-order valence-corrected chi connectivity index (χ4v) is 1.27. The van der Waals surface area contributed by atoms with E-state index < -0.39 is 40.5 Å². The number of aryl methyl sites for hydroxylation is 1. The van der Waals surface area contributed by atoms with Crippen molar-refractivity contribution >= 4 is 17.6 Å². The van der Waals surface area contributed by atoms with Crippen LogP contribution in [0.5, 0.6) is 0 Å². The number of rotatable bonds is 4. The molecule has 0 aliphatic carbocycles. The van der Waals surface area contributed by atoms with Crippen LogP contribution in [-0.2, 0) is 14.3 Å². The van der Waals surface area contributed by atoms with Gasteiger partial charge < -0.3 is 9.47 Å². The maximum atomic E-state index is 13.7. The molecule has 0 saturated heterocycles.